The summed E-state index contributed by atoms with van der Waals surface area (Å²) in [7, 11) is 0. The normalized spacial score (nSPS) is 12.5. The van der Waals surface area contributed by atoms with Gasteiger partial charge >= 0.3 is 18.2 Å². The summed E-state index contributed by atoms with van der Waals surface area (Å²) >= 11 is 0. The van der Waals surface area contributed by atoms with Crippen LogP contribution in [0.3, 0.4) is 0 Å². The summed E-state index contributed by atoms with van der Waals surface area (Å²) in [5.74, 6) is -2.31. The van der Waals surface area contributed by atoms with Gasteiger partial charge in [-0.1, -0.05) is 0 Å². The number of urea groups is 1. The van der Waals surface area contributed by atoms with Gasteiger partial charge in [0.05, 0.1) is 6.42 Å². The smallest absolute Gasteiger partial charge is 0.390 e. The van der Waals surface area contributed by atoms with E-state index < -0.39 is 37.0 Å². The van der Waals surface area contributed by atoms with Crippen molar-refractivity contribution in [2.24, 2.45) is 0 Å². The predicted molar refractivity (Wildman–Crippen MR) is 58.2 cm³/mol. The third kappa shape index (κ3) is 7.06. The van der Waals surface area contributed by atoms with Crippen LogP contribution in [0.2, 0.25) is 0 Å². The second-order valence-electron chi connectivity index (χ2n) is 3.63. The van der Waals surface area contributed by atoms with Crippen LogP contribution in [0.25, 0.3) is 0 Å². The molecular weight excluding hydrogens is 269 g/mol. The van der Waals surface area contributed by atoms with E-state index in [1.807, 2.05) is 5.32 Å². The lowest BCUT2D eigenvalue weighted by atomic mass is 10.1. The molecule has 0 aliphatic carbocycles. The quantitative estimate of drug-likeness (QED) is 0.675. The molecule has 0 saturated heterocycles. The number of carboxylic acid groups (broad SMARTS) is 1. The van der Waals surface area contributed by atoms with Gasteiger partial charge in [-0.3, -0.25) is 10.1 Å². The molecule has 0 atom stereocenters. The number of carbonyl (C=O) groups is 3. The zero-order valence-electron chi connectivity index (χ0n) is 10.2. The van der Waals surface area contributed by atoms with E-state index >= 15 is 0 Å². The van der Waals surface area contributed by atoms with E-state index in [2.05, 4.69) is 0 Å². The van der Waals surface area contributed by atoms with Gasteiger partial charge in [-0.25, -0.2) is 9.59 Å². The van der Waals surface area contributed by atoms with Crippen LogP contribution in [-0.4, -0.2) is 35.7 Å². The fourth-order valence-electron chi connectivity index (χ4n) is 0.890. The lowest BCUT2D eigenvalue weighted by molar-refractivity contribution is -0.134. The Labute approximate surface area is 106 Å². The van der Waals surface area contributed by atoms with Crippen molar-refractivity contribution in [1.82, 2.24) is 10.6 Å². The zero-order chi connectivity index (χ0) is 15.2. The Kier molecular flexibility index (Phi) is 6.03. The zero-order valence-corrected chi connectivity index (χ0v) is 10.2. The number of amides is 3. The highest BCUT2D eigenvalue weighted by atomic mass is 19.4. The molecular formula is C10H13F3N2O4. The van der Waals surface area contributed by atoms with Crippen LogP contribution in [-0.2, 0) is 9.59 Å². The Morgan fingerprint density at radius 2 is 1.63 bits per heavy atom. The Bertz CT molecular complexity index is 415. The van der Waals surface area contributed by atoms with Gasteiger partial charge in [0.1, 0.15) is 0 Å². The van der Waals surface area contributed by atoms with Crippen molar-refractivity contribution in [1.29, 1.82) is 0 Å². The lowest BCUT2D eigenvalue weighted by Gasteiger charge is -2.09. The molecule has 0 heterocycles. The molecule has 3 N–H and O–H groups in total. The summed E-state index contributed by atoms with van der Waals surface area (Å²) in [5, 5.41) is 12.2. The first kappa shape index (κ1) is 16.9. The summed E-state index contributed by atoms with van der Waals surface area (Å²) < 4.78 is 35.3. The van der Waals surface area contributed by atoms with Crippen molar-refractivity contribution >= 4 is 17.9 Å². The van der Waals surface area contributed by atoms with E-state index in [1.165, 1.54) is 13.8 Å². The van der Waals surface area contributed by atoms with Gasteiger partial charge in [-0.15, -0.1) is 0 Å². The minimum atomic E-state index is -4.41. The summed E-state index contributed by atoms with van der Waals surface area (Å²) in [6, 6.07) is -1.12. The molecule has 0 bridgehead atoms. The summed E-state index contributed by atoms with van der Waals surface area (Å²) in [4.78, 5) is 32.9. The molecule has 0 aliphatic rings. The Hall–Kier alpha value is -2.06. The molecule has 108 valence electrons. The summed E-state index contributed by atoms with van der Waals surface area (Å²) in [6.07, 6.45) is -5.63. The first-order chi connectivity index (χ1) is 8.54. The van der Waals surface area contributed by atoms with Crippen molar-refractivity contribution < 1.29 is 32.7 Å². The third-order valence-corrected chi connectivity index (χ3v) is 2.14. The largest absolute Gasteiger partial charge is 0.478 e. The van der Waals surface area contributed by atoms with Crippen molar-refractivity contribution in [2.45, 2.75) is 26.4 Å². The molecule has 0 unspecified atom stereocenters. The topological polar surface area (TPSA) is 95.5 Å². The van der Waals surface area contributed by atoms with E-state index in [-0.39, 0.29) is 11.1 Å². The van der Waals surface area contributed by atoms with Crippen molar-refractivity contribution in [2.75, 3.05) is 6.54 Å². The number of halogens is 3. The fourth-order valence-corrected chi connectivity index (χ4v) is 0.890. The van der Waals surface area contributed by atoms with Crippen LogP contribution >= 0.6 is 0 Å². The number of nitrogens with one attached hydrogen (secondary N) is 2. The van der Waals surface area contributed by atoms with Crippen LogP contribution in [0.1, 0.15) is 20.3 Å². The van der Waals surface area contributed by atoms with Crippen LogP contribution in [0, 0.1) is 0 Å². The van der Waals surface area contributed by atoms with Gasteiger partial charge < -0.3 is 10.4 Å². The first-order valence-electron chi connectivity index (χ1n) is 5.11. The number of hydrogen-bond donors (Lipinski definition) is 3. The average Bonchev–Trinajstić information content (AvgIpc) is 2.24. The van der Waals surface area contributed by atoms with E-state index in [0.717, 1.165) is 0 Å². The Morgan fingerprint density at radius 1 is 1.11 bits per heavy atom. The number of rotatable bonds is 4. The SMILES string of the molecule is CC(C(=O)O)=C(C)C(=O)NC(=O)NCCC(F)(F)F. The highest BCUT2D eigenvalue weighted by Crippen LogP contribution is 2.17. The Balaban J connectivity index is 4.32. The number of carboxylic acids is 1. The average molecular weight is 282 g/mol. The molecule has 0 aromatic heterocycles. The van der Waals surface area contributed by atoms with E-state index in [4.69, 9.17) is 5.11 Å². The highest BCUT2D eigenvalue weighted by Gasteiger charge is 2.26. The van der Waals surface area contributed by atoms with Crippen molar-refractivity contribution in [3.63, 3.8) is 0 Å². The molecule has 19 heavy (non-hydrogen) atoms. The molecule has 0 aliphatic heterocycles. The van der Waals surface area contributed by atoms with E-state index in [9.17, 15) is 27.6 Å². The predicted octanol–water partition coefficient (Wildman–Crippen LogP) is 1.19. The standard InChI is InChI=1S/C10H13F3N2O4/c1-5(6(2)8(17)18)7(16)15-9(19)14-4-3-10(11,12)13/h3-4H2,1-2H3,(H,17,18)(H2,14,15,16,19). The molecule has 6 nitrogen and oxygen atoms in total. The monoisotopic (exact) mass is 282 g/mol. The summed E-state index contributed by atoms with van der Waals surface area (Å²) in [5.41, 5.74) is -0.473. The van der Waals surface area contributed by atoms with E-state index in [0.29, 0.717) is 0 Å². The lowest BCUT2D eigenvalue weighted by Crippen LogP contribution is -2.41. The maximum absolute atomic E-state index is 11.8. The van der Waals surface area contributed by atoms with Gasteiger partial charge in [0, 0.05) is 17.7 Å². The molecule has 9 heteroatoms. The molecule has 0 aromatic carbocycles. The highest BCUT2D eigenvalue weighted by molar-refractivity contribution is 6.07. The number of alkyl halides is 3. The number of carbonyl (C=O) groups excluding carboxylic acids is 2. The summed E-state index contributed by atoms with van der Waals surface area (Å²) in [6.45, 7) is 1.67. The molecule has 0 saturated carbocycles. The minimum absolute atomic E-state index is 0.210. The fraction of sp³-hybridized carbons (Fsp3) is 0.500. The number of hydrogen-bond acceptors (Lipinski definition) is 3. The second-order valence-corrected chi connectivity index (χ2v) is 3.63. The molecule has 0 aromatic rings. The van der Waals surface area contributed by atoms with Gasteiger partial charge in [0.15, 0.2) is 0 Å². The first-order valence-corrected chi connectivity index (χ1v) is 5.11. The number of aliphatic carboxylic acids is 1. The van der Waals surface area contributed by atoms with Crippen LogP contribution in [0.4, 0.5) is 18.0 Å². The van der Waals surface area contributed by atoms with Crippen LogP contribution in [0.5, 0.6) is 0 Å². The van der Waals surface area contributed by atoms with Gasteiger partial charge in [0.2, 0.25) is 0 Å². The van der Waals surface area contributed by atoms with Crippen molar-refractivity contribution in [3.8, 4) is 0 Å². The molecule has 0 rings (SSSR count). The van der Waals surface area contributed by atoms with Crippen LogP contribution in [0.15, 0.2) is 11.1 Å². The molecule has 0 radical (unpaired) electrons. The molecule has 0 spiro atoms. The van der Waals surface area contributed by atoms with Gasteiger partial charge in [-0.2, -0.15) is 13.2 Å². The second kappa shape index (κ2) is 6.76. The van der Waals surface area contributed by atoms with Gasteiger partial charge in [0.25, 0.3) is 5.91 Å². The van der Waals surface area contributed by atoms with Crippen molar-refractivity contribution in [3.05, 3.63) is 11.1 Å². The Morgan fingerprint density at radius 3 is 2.05 bits per heavy atom. The maximum atomic E-state index is 11.8. The molecule has 0 fully saturated rings. The van der Waals surface area contributed by atoms with Crippen LogP contribution < -0.4 is 10.6 Å². The maximum Gasteiger partial charge on any atom is 0.390 e. The third-order valence-electron chi connectivity index (χ3n) is 2.14. The van der Waals surface area contributed by atoms with Gasteiger partial charge in [-0.05, 0) is 13.8 Å². The molecule has 3 amide bonds. The van der Waals surface area contributed by atoms with E-state index in [1.54, 1.807) is 5.32 Å². The minimum Gasteiger partial charge on any atom is -0.478 e. The number of imide groups is 1.